The Morgan fingerprint density at radius 2 is 1.84 bits per heavy atom. The summed E-state index contributed by atoms with van der Waals surface area (Å²) in [6.45, 7) is 4.05. The van der Waals surface area contributed by atoms with Gasteiger partial charge in [-0.2, -0.15) is 13.2 Å². The molecule has 0 saturated carbocycles. The van der Waals surface area contributed by atoms with Crippen LogP contribution in [0.3, 0.4) is 0 Å². The lowest BCUT2D eigenvalue weighted by Gasteiger charge is -2.32. The van der Waals surface area contributed by atoms with Crippen molar-refractivity contribution in [3.8, 4) is 17.6 Å². The van der Waals surface area contributed by atoms with Crippen molar-refractivity contribution in [1.29, 1.82) is 0 Å². The van der Waals surface area contributed by atoms with Gasteiger partial charge in [-0.25, -0.2) is 0 Å². The number of nitrogens with one attached hydrogen (secondary N) is 2. The Morgan fingerprint density at radius 1 is 1.14 bits per heavy atom. The van der Waals surface area contributed by atoms with Gasteiger partial charge >= 0.3 is 6.18 Å². The summed E-state index contributed by atoms with van der Waals surface area (Å²) in [5, 5.41) is 23.5. The average Bonchev–Trinajstić information content (AvgIpc) is 3.33. The lowest BCUT2D eigenvalue weighted by molar-refractivity contribution is -0.140. The number of nitrogens with zero attached hydrogens (tertiary/aromatic N) is 2. The molecule has 9 nitrogen and oxygen atoms in total. The number of likely N-dealkylation sites (tertiary alicyclic amines) is 1. The number of hydrogen-bond donors (Lipinski definition) is 5. The summed E-state index contributed by atoms with van der Waals surface area (Å²) >= 11 is 0. The van der Waals surface area contributed by atoms with Gasteiger partial charge in [0.05, 0.1) is 30.6 Å². The van der Waals surface area contributed by atoms with Crippen molar-refractivity contribution in [1.82, 2.24) is 9.47 Å². The summed E-state index contributed by atoms with van der Waals surface area (Å²) in [5.74, 6) is 6.62. The molecule has 236 valence electrons. The van der Waals surface area contributed by atoms with Crippen LogP contribution in [0.4, 0.5) is 24.5 Å². The van der Waals surface area contributed by atoms with Gasteiger partial charge in [0.1, 0.15) is 12.3 Å². The topological polar surface area (TPSA) is 125 Å². The van der Waals surface area contributed by atoms with Gasteiger partial charge in [0.15, 0.2) is 0 Å². The highest BCUT2D eigenvalue weighted by Gasteiger charge is 2.30. The summed E-state index contributed by atoms with van der Waals surface area (Å²) in [6.07, 6.45) is -1.49. The van der Waals surface area contributed by atoms with Gasteiger partial charge in [-0.3, -0.25) is 4.79 Å². The highest BCUT2D eigenvalue weighted by Crippen LogP contribution is 2.31. The van der Waals surface area contributed by atoms with E-state index >= 15 is 0 Å². The number of aryl methyl sites for hydroxylation is 1. The molecule has 1 aliphatic heterocycles. The first kappa shape index (κ1) is 35.3. The molecule has 1 aliphatic rings. The normalized spacial score (nSPS) is 13.5. The van der Waals surface area contributed by atoms with Gasteiger partial charge in [0.25, 0.3) is 0 Å². The van der Waals surface area contributed by atoms with E-state index in [4.69, 9.17) is 19.7 Å². The van der Waals surface area contributed by atoms with Gasteiger partial charge in [0, 0.05) is 50.5 Å². The van der Waals surface area contributed by atoms with Crippen LogP contribution in [-0.4, -0.2) is 85.3 Å². The molecular formula is C31H42F3N5O4. The van der Waals surface area contributed by atoms with E-state index in [0.29, 0.717) is 17.0 Å². The van der Waals surface area contributed by atoms with E-state index in [-0.39, 0.29) is 25.6 Å². The van der Waals surface area contributed by atoms with Gasteiger partial charge in [-0.15, -0.1) is 0 Å². The number of rotatable bonds is 9. The molecule has 1 saturated heterocycles. The van der Waals surface area contributed by atoms with Crippen molar-refractivity contribution >= 4 is 28.7 Å². The van der Waals surface area contributed by atoms with E-state index in [9.17, 15) is 13.2 Å². The molecule has 0 aliphatic carbocycles. The molecule has 0 spiro atoms. The number of nitrogens with two attached hydrogens (primary N) is 1. The van der Waals surface area contributed by atoms with Crippen molar-refractivity contribution < 1.29 is 32.9 Å². The molecule has 43 heavy (non-hydrogen) atoms. The fourth-order valence-corrected chi connectivity index (χ4v) is 4.90. The van der Waals surface area contributed by atoms with Crippen molar-refractivity contribution in [3.63, 3.8) is 0 Å². The quantitative estimate of drug-likeness (QED) is 0.185. The van der Waals surface area contributed by atoms with E-state index in [1.54, 1.807) is 25.3 Å². The van der Waals surface area contributed by atoms with Crippen LogP contribution in [-0.2, 0) is 11.3 Å². The van der Waals surface area contributed by atoms with Crippen LogP contribution in [0, 0.1) is 18.8 Å². The molecule has 0 atom stereocenters. The predicted octanol–water partition coefficient (Wildman–Crippen LogP) is 3.95. The number of ether oxygens (including phenoxy) is 1. The summed E-state index contributed by atoms with van der Waals surface area (Å²) in [5.41, 5.74) is 7.65. The zero-order chi connectivity index (χ0) is 31.8. The number of benzene rings is 2. The van der Waals surface area contributed by atoms with Gasteiger partial charge < -0.3 is 40.8 Å². The van der Waals surface area contributed by atoms with Crippen molar-refractivity contribution in [2.75, 3.05) is 57.6 Å². The monoisotopic (exact) mass is 605 g/mol. The van der Waals surface area contributed by atoms with Crippen molar-refractivity contribution in [2.45, 2.75) is 44.9 Å². The smallest absolute Gasteiger partial charge is 0.406 e. The van der Waals surface area contributed by atoms with Crippen LogP contribution >= 0.6 is 0 Å². The lowest BCUT2D eigenvalue weighted by atomic mass is 10.0. The second-order valence-corrected chi connectivity index (χ2v) is 9.80. The Hall–Kier alpha value is -3.92. The van der Waals surface area contributed by atoms with Crippen LogP contribution < -0.4 is 21.1 Å². The fourth-order valence-electron chi connectivity index (χ4n) is 4.90. The van der Waals surface area contributed by atoms with Crippen LogP contribution in [0.5, 0.6) is 5.75 Å². The Kier molecular flexibility index (Phi) is 14.7. The minimum Gasteiger partial charge on any atom is -0.495 e. The molecule has 1 amide bonds. The van der Waals surface area contributed by atoms with Crippen molar-refractivity contribution in [3.05, 3.63) is 53.7 Å². The molecule has 2 aromatic carbocycles. The lowest BCUT2D eigenvalue weighted by Crippen LogP contribution is -2.39. The molecule has 1 fully saturated rings. The maximum absolute atomic E-state index is 13.5. The number of methoxy groups -OCH3 is 1. The van der Waals surface area contributed by atoms with E-state index in [2.05, 4.69) is 33.1 Å². The van der Waals surface area contributed by atoms with Gasteiger partial charge in [-0.05, 0) is 68.0 Å². The average molecular weight is 606 g/mol. The summed E-state index contributed by atoms with van der Waals surface area (Å²) in [7, 11) is 2.59. The first-order chi connectivity index (χ1) is 20.7. The van der Waals surface area contributed by atoms with E-state index in [0.717, 1.165) is 68.3 Å². The third-order valence-corrected chi connectivity index (χ3v) is 6.80. The summed E-state index contributed by atoms with van der Waals surface area (Å²) in [4.78, 5) is 10.9. The molecular weight excluding hydrogens is 563 g/mol. The highest BCUT2D eigenvalue weighted by molar-refractivity contribution is 5.94. The minimum atomic E-state index is -4.37. The number of aliphatic hydroxyl groups is 2. The second kappa shape index (κ2) is 17.9. The number of amides is 1. The fraction of sp³-hybridized carbons (Fsp3) is 0.452. The third kappa shape index (κ3) is 11.0. The standard InChI is InChI=1S/C29H35F3N4O2.CH3NO.CH4O/c1-21-9-10-26(28(18-21)38-2)33-13-4-6-23-19-24-25(7-3-8-27(24)36(23)20-29(30,31)32)34-22-11-15-35(16-12-22)14-5-17-37;2-1-3;1-2/h3,7-10,18-19,22,33-34,37H,5,11-17,20H2,1-2H3;1H,(H2,2,3);2H,1H3. The molecule has 0 unspecified atom stereocenters. The molecule has 3 aromatic rings. The first-order valence-corrected chi connectivity index (χ1v) is 13.9. The third-order valence-electron chi connectivity index (χ3n) is 6.80. The highest BCUT2D eigenvalue weighted by atomic mass is 19.4. The van der Waals surface area contributed by atoms with Crippen LogP contribution in [0.15, 0.2) is 42.5 Å². The molecule has 6 N–H and O–H groups in total. The maximum atomic E-state index is 13.5. The molecule has 2 heterocycles. The number of hydrogen-bond acceptors (Lipinski definition) is 7. The first-order valence-electron chi connectivity index (χ1n) is 13.9. The van der Waals surface area contributed by atoms with Crippen LogP contribution in [0.2, 0.25) is 0 Å². The molecule has 4 rings (SSSR count). The van der Waals surface area contributed by atoms with E-state index in [1.165, 1.54) is 4.57 Å². The van der Waals surface area contributed by atoms with E-state index in [1.807, 2.05) is 31.2 Å². The molecule has 1 aromatic heterocycles. The number of aliphatic hydroxyl groups excluding tert-OH is 2. The number of carbonyl (C=O) groups excluding carboxylic acids is 1. The Bertz CT molecular complexity index is 1340. The number of carbonyl (C=O) groups is 1. The Balaban J connectivity index is 0.00000121. The van der Waals surface area contributed by atoms with Crippen LogP contribution in [0.1, 0.15) is 30.5 Å². The molecule has 0 bridgehead atoms. The number of alkyl halides is 3. The number of anilines is 2. The number of fused-ring (bicyclic) bond motifs is 1. The van der Waals surface area contributed by atoms with Crippen LogP contribution in [0.25, 0.3) is 10.9 Å². The van der Waals surface area contributed by atoms with Gasteiger partial charge in [-0.1, -0.05) is 18.1 Å². The largest absolute Gasteiger partial charge is 0.495 e. The minimum absolute atomic E-state index is 0.191. The summed E-state index contributed by atoms with van der Waals surface area (Å²) < 4.78 is 47.2. The SMILES string of the molecule is CO.COc1cc(C)ccc1NCC#Cc1cc2c(NC3CCN(CCCO)CC3)cccc2n1CC(F)(F)F.NC=O. The number of primary amides is 1. The second-order valence-electron chi connectivity index (χ2n) is 9.80. The zero-order valence-corrected chi connectivity index (χ0v) is 24.9. The molecule has 0 radical (unpaired) electrons. The Morgan fingerprint density at radius 3 is 2.47 bits per heavy atom. The Labute approximate surface area is 250 Å². The number of halogens is 3. The maximum Gasteiger partial charge on any atom is 0.406 e. The van der Waals surface area contributed by atoms with E-state index < -0.39 is 12.7 Å². The van der Waals surface area contributed by atoms with Gasteiger partial charge in [0.2, 0.25) is 6.41 Å². The van der Waals surface area contributed by atoms with Crippen molar-refractivity contribution in [2.24, 2.45) is 5.73 Å². The summed E-state index contributed by atoms with van der Waals surface area (Å²) in [6, 6.07) is 13.2. The predicted molar refractivity (Wildman–Crippen MR) is 164 cm³/mol. The number of piperidine rings is 1. The molecule has 12 heteroatoms. The number of aromatic nitrogens is 1. The zero-order valence-electron chi connectivity index (χ0n) is 24.9.